The minimum Gasteiger partial charge on any atom is -0.311 e. The summed E-state index contributed by atoms with van der Waals surface area (Å²) in [6, 6.07) is 9.87. The Kier molecular flexibility index (Phi) is 5.83. The summed E-state index contributed by atoms with van der Waals surface area (Å²) in [7, 11) is 0. The fourth-order valence-corrected chi connectivity index (χ4v) is 2.88. The molecule has 1 N–H and O–H groups in total. The molecule has 2 rings (SSSR count). The Morgan fingerprint density at radius 3 is 2.85 bits per heavy atom. The fourth-order valence-electron chi connectivity index (χ4n) is 1.81. The smallest absolute Gasteiger partial charge is 0.139 e. The highest BCUT2D eigenvalue weighted by molar-refractivity contribution is 7.98. The molecule has 2 aromatic rings. The van der Waals surface area contributed by atoms with Gasteiger partial charge in [-0.15, -0.1) is 11.8 Å². The molecular formula is C15H18ClN3S. The van der Waals surface area contributed by atoms with Crippen molar-refractivity contribution in [2.24, 2.45) is 0 Å². The summed E-state index contributed by atoms with van der Waals surface area (Å²) in [5.41, 5.74) is 2.05. The zero-order valence-corrected chi connectivity index (χ0v) is 13.3. The molecule has 106 valence electrons. The Bertz CT molecular complexity index is 575. The van der Waals surface area contributed by atoms with E-state index >= 15 is 0 Å². The number of aromatic nitrogens is 2. The zero-order valence-electron chi connectivity index (χ0n) is 11.7. The van der Waals surface area contributed by atoms with E-state index in [2.05, 4.69) is 22.2 Å². The maximum absolute atomic E-state index is 5.98. The second-order valence-corrected chi connectivity index (χ2v) is 5.93. The molecule has 0 amide bonds. The summed E-state index contributed by atoms with van der Waals surface area (Å²) in [5.74, 6) is 1.61. The van der Waals surface area contributed by atoms with E-state index in [1.165, 1.54) is 0 Å². The quantitative estimate of drug-likeness (QED) is 0.823. The van der Waals surface area contributed by atoms with Crippen molar-refractivity contribution in [3.05, 3.63) is 52.6 Å². The van der Waals surface area contributed by atoms with Crippen LogP contribution in [0, 0.1) is 6.92 Å². The molecule has 1 aromatic heterocycles. The van der Waals surface area contributed by atoms with Crippen LogP contribution in [0.1, 0.15) is 24.1 Å². The number of benzene rings is 1. The van der Waals surface area contributed by atoms with Crippen LogP contribution >= 0.6 is 23.4 Å². The highest BCUT2D eigenvalue weighted by Gasteiger charge is 2.04. The normalized spacial score (nSPS) is 10.8. The maximum Gasteiger partial charge on any atom is 0.139 e. The fraction of sp³-hybridized carbons (Fsp3) is 0.333. The molecule has 1 aromatic carbocycles. The third-order valence-corrected chi connectivity index (χ3v) is 3.90. The van der Waals surface area contributed by atoms with Gasteiger partial charge in [-0.25, -0.2) is 9.97 Å². The number of nitrogens with zero attached hydrogens (tertiary/aromatic N) is 2. The average Bonchev–Trinajstić information content (AvgIpc) is 2.42. The van der Waals surface area contributed by atoms with Gasteiger partial charge in [0.15, 0.2) is 0 Å². The molecule has 20 heavy (non-hydrogen) atoms. The van der Waals surface area contributed by atoms with E-state index in [1.54, 1.807) is 11.8 Å². The van der Waals surface area contributed by atoms with Crippen LogP contribution in [-0.4, -0.2) is 16.5 Å². The maximum atomic E-state index is 5.98. The van der Waals surface area contributed by atoms with Crippen LogP contribution in [0.25, 0.3) is 0 Å². The average molecular weight is 308 g/mol. The molecule has 0 spiro atoms. The lowest BCUT2D eigenvalue weighted by molar-refractivity contribution is 0.702. The van der Waals surface area contributed by atoms with Crippen molar-refractivity contribution in [2.45, 2.75) is 31.0 Å². The largest absolute Gasteiger partial charge is 0.311 e. The topological polar surface area (TPSA) is 37.8 Å². The van der Waals surface area contributed by atoms with E-state index in [9.17, 15) is 0 Å². The third-order valence-electron chi connectivity index (χ3n) is 2.67. The first-order chi connectivity index (χ1) is 9.67. The molecule has 1 heterocycles. The molecule has 5 heteroatoms. The molecule has 0 aliphatic rings. The van der Waals surface area contributed by atoms with Crippen molar-refractivity contribution in [2.75, 3.05) is 6.54 Å². The van der Waals surface area contributed by atoms with Crippen LogP contribution in [0.15, 0.2) is 35.2 Å². The standard InChI is InChI=1S/C15H18ClN3S/c1-3-17-9-13-7-11(2)18-15(19-13)10-20-14-6-4-5-12(16)8-14/h4-8,17H,3,9-10H2,1-2H3. The number of halogens is 1. The Morgan fingerprint density at radius 2 is 2.10 bits per heavy atom. The Morgan fingerprint density at radius 1 is 1.25 bits per heavy atom. The van der Waals surface area contributed by atoms with E-state index in [-0.39, 0.29) is 0 Å². The molecule has 0 saturated heterocycles. The minimum atomic E-state index is 0.751. The molecule has 0 aliphatic carbocycles. The number of aryl methyl sites for hydroxylation is 1. The minimum absolute atomic E-state index is 0.751. The Balaban J connectivity index is 2.03. The van der Waals surface area contributed by atoms with E-state index < -0.39 is 0 Å². The summed E-state index contributed by atoms with van der Waals surface area (Å²) < 4.78 is 0. The van der Waals surface area contributed by atoms with Crippen LogP contribution in [0.3, 0.4) is 0 Å². The van der Waals surface area contributed by atoms with E-state index in [0.29, 0.717) is 0 Å². The van der Waals surface area contributed by atoms with E-state index in [4.69, 9.17) is 11.6 Å². The summed E-state index contributed by atoms with van der Waals surface area (Å²) >= 11 is 7.68. The van der Waals surface area contributed by atoms with Crippen LogP contribution in [0.5, 0.6) is 0 Å². The lowest BCUT2D eigenvalue weighted by Gasteiger charge is -2.06. The van der Waals surface area contributed by atoms with Crippen molar-refractivity contribution >= 4 is 23.4 Å². The van der Waals surface area contributed by atoms with E-state index in [0.717, 1.165) is 46.0 Å². The van der Waals surface area contributed by atoms with Gasteiger partial charge in [0.1, 0.15) is 5.82 Å². The van der Waals surface area contributed by atoms with Gasteiger partial charge in [-0.05, 0) is 37.7 Å². The molecule has 0 bridgehead atoms. The number of thioether (sulfide) groups is 1. The van der Waals surface area contributed by atoms with Gasteiger partial charge in [0, 0.05) is 22.2 Å². The summed E-state index contributed by atoms with van der Waals surface area (Å²) in [6.07, 6.45) is 0. The monoisotopic (exact) mass is 307 g/mol. The highest BCUT2D eigenvalue weighted by atomic mass is 35.5. The van der Waals surface area contributed by atoms with E-state index in [1.807, 2.05) is 37.3 Å². The Hall–Kier alpha value is -1.10. The SMILES string of the molecule is CCNCc1cc(C)nc(CSc2cccc(Cl)c2)n1. The van der Waals surface area contributed by atoms with Crippen molar-refractivity contribution in [1.29, 1.82) is 0 Å². The molecular weight excluding hydrogens is 290 g/mol. The summed E-state index contributed by atoms with van der Waals surface area (Å²) in [6.45, 7) is 5.82. The first kappa shape index (κ1) is 15.3. The second kappa shape index (κ2) is 7.62. The van der Waals surface area contributed by atoms with Gasteiger partial charge in [-0.3, -0.25) is 0 Å². The lowest BCUT2D eigenvalue weighted by Crippen LogP contribution is -2.14. The Labute approximate surface area is 129 Å². The first-order valence-electron chi connectivity index (χ1n) is 6.60. The van der Waals surface area contributed by atoms with Gasteiger partial charge in [-0.1, -0.05) is 24.6 Å². The number of rotatable bonds is 6. The van der Waals surface area contributed by atoms with Gasteiger partial charge < -0.3 is 5.32 Å². The van der Waals surface area contributed by atoms with Crippen LogP contribution in [-0.2, 0) is 12.3 Å². The molecule has 0 radical (unpaired) electrons. The van der Waals surface area contributed by atoms with Gasteiger partial charge in [-0.2, -0.15) is 0 Å². The number of hydrogen-bond acceptors (Lipinski definition) is 4. The van der Waals surface area contributed by atoms with Gasteiger partial charge in [0.05, 0.1) is 11.4 Å². The van der Waals surface area contributed by atoms with Crippen LogP contribution in [0.2, 0.25) is 5.02 Å². The van der Waals surface area contributed by atoms with Crippen molar-refractivity contribution in [3.8, 4) is 0 Å². The van der Waals surface area contributed by atoms with Crippen molar-refractivity contribution in [1.82, 2.24) is 15.3 Å². The molecule has 0 saturated carbocycles. The van der Waals surface area contributed by atoms with Gasteiger partial charge in [0.25, 0.3) is 0 Å². The summed E-state index contributed by atoms with van der Waals surface area (Å²) in [5, 5.41) is 4.04. The molecule has 0 fully saturated rings. The molecule has 0 unspecified atom stereocenters. The lowest BCUT2D eigenvalue weighted by atomic mass is 10.3. The number of hydrogen-bond donors (Lipinski definition) is 1. The van der Waals surface area contributed by atoms with Gasteiger partial charge in [0.2, 0.25) is 0 Å². The zero-order chi connectivity index (χ0) is 14.4. The first-order valence-corrected chi connectivity index (χ1v) is 7.96. The van der Waals surface area contributed by atoms with Crippen LogP contribution in [0.4, 0.5) is 0 Å². The summed E-state index contributed by atoms with van der Waals surface area (Å²) in [4.78, 5) is 10.2. The third kappa shape index (κ3) is 4.78. The van der Waals surface area contributed by atoms with Gasteiger partial charge >= 0.3 is 0 Å². The molecule has 3 nitrogen and oxygen atoms in total. The van der Waals surface area contributed by atoms with Crippen molar-refractivity contribution in [3.63, 3.8) is 0 Å². The second-order valence-electron chi connectivity index (χ2n) is 4.44. The highest BCUT2D eigenvalue weighted by Crippen LogP contribution is 2.24. The molecule has 0 atom stereocenters. The van der Waals surface area contributed by atoms with Crippen molar-refractivity contribution < 1.29 is 0 Å². The number of nitrogens with one attached hydrogen (secondary N) is 1. The predicted octanol–water partition coefficient (Wildman–Crippen LogP) is 3.84. The predicted molar refractivity (Wildman–Crippen MR) is 85.2 cm³/mol. The van der Waals surface area contributed by atoms with Crippen LogP contribution < -0.4 is 5.32 Å². The molecule has 0 aliphatic heterocycles.